The number of fused-ring (bicyclic) bond motifs is 5. The Morgan fingerprint density at radius 2 is 0.750 bits per heavy atom. The summed E-state index contributed by atoms with van der Waals surface area (Å²) >= 11 is 7.24. The van der Waals surface area contributed by atoms with Crippen LogP contribution in [-0.2, 0) is 14.1 Å². The van der Waals surface area contributed by atoms with Crippen LogP contribution in [0.4, 0.5) is 0 Å². The van der Waals surface area contributed by atoms with Crippen molar-refractivity contribution >= 4 is 64.7 Å². The standard InChI is InChI=1S/C36H24Br2N6/c1-43-35-29(33(41-43)21-9-5-3-6-10-21)27-28(31(39-35)23-13-17-25(37)18-14-23)30-34(22-11-7-4-8-12-22)42-44(2)36(30)40-32(27)24-15-19-26(38)20-16-24/h3-20H,1-2H3. The number of nitrogens with zero attached hydrogens (tertiary/aromatic N) is 6. The lowest BCUT2D eigenvalue weighted by atomic mass is 9.93. The molecular formula is C36H24Br2N6. The number of aryl methyl sites for hydroxylation is 2. The maximum atomic E-state index is 5.40. The number of benzene rings is 4. The van der Waals surface area contributed by atoms with Crippen molar-refractivity contribution < 1.29 is 0 Å². The van der Waals surface area contributed by atoms with Crippen LogP contribution < -0.4 is 0 Å². The van der Waals surface area contributed by atoms with Gasteiger partial charge in [0.25, 0.3) is 0 Å². The zero-order chi connectivity index (χ0) is 29.9. The lowest BCUT2D eigenvalue weighted by molar-refractivity contribution is 0.790. The molecule has 8 aromatic rings. The molecule has 0 aliphatic rings. The first-order valence-corrected chi connectivity index (χ1v) is 15.8. The SMILES string of the molecule is Cn1nc(-c2ccccc2)c2c3c(-c4ccc(Br)cc4)nc4c(c(-c5ccccc5)nn4C)c3c(-c3ccc(Br)cc3)nc21. The van der Waals surface area contributed by atoms with Crippen LogP contribution in [0.3, 0.4) is 0 Å². The summed E-state index contributed by atoms with van der Waals surface area (Å²) in [6.45, 7) is 0. The van der Waals surface area contributed by atoms with Crippen LogP contribution in [0.2, 0.25) is 0 Å². The zero-order valence-corrected chi connectivity index (χ0v) is 27.0. The average molecular weight is 700 g/mol. The Morgan fingerprint density at radius 1 is 0.409 bits per heavy atom. The van der Waals surface area contributed by atoms with Crippen molar-refractivity contribution in [2.45, 2.75) is 0 Å². The van der Waals surface area contributed by atoms with Gasteiger partial charge in [0, 0.05) is 56.1 Å². The molecule has 0 spiro atoms. The van der Waals surface area contributed by atoms with Gasteiger partial charge in [0.2, 0.25) is 0 Å². The Balaban J connectivity index is 1.67. The Labute approximate surface area is 270 Å². The summed E-state index contributed by atoms with van der Waals surface area (Å²) in [5.74, 6) is 0. The summed E-state index contributed by atoms with van der Waals surface area (Å²) in [7, 11) is 3.92. The van der Waals surface area contributed by atoms with Gasteiger partial charge in [-0.1, -0.05) is 117 Å². The summed E-state index contributed by atoms with van der Waals surface area (Å²) < 4.78 is 5.78. The maximum Gasteiger partial charge on any atom is 0.159 e. The van der Waals surface area contributed by atoms with Crippen LogP contribution in [0, 0.1) is 0 Å². The fraction of sp³-hybridized carbons (Fsp3) is 0.0556. The van der Waals surface area contributed by atoms with Crippen molar-refractivity contribution in [3.63, 3.8) is 0 Å². The van der Waals surface area contributed by atoms with Crippen molar-refractivity contribution in [3.05, 3.63) is 118 Å². The van der Waals surface area contributed by atoms with Gasteiger partial charge in [0.1, 0.15) is 11.4 Å². The highest BCUT2D eigenvalue weighted by Gasteiger charge is 2.27. The van der Waals surface area contributed by atoms with Gasteiger partial charge in [-0.25, -0.2) is 19.3 Å². The van der Waals surface area contributed by atoms with Gasteiger partial charge in [0.05, 0.1) is 22.2 Å². The number of rotatable bonds is 4. The van der Waals surface area contributed by atoms with Crippen molar-refractivity contribution in [3.8, 4) is 45.0 Å². The topological polar surface area (TPSA) is 61.4 Å². The third-order valence-electron chi connectivity index (χ3n) is 8.02. The molecule has 0 unspecified atom stereocenters. The second kappa shape index (κ2) is 10.5. The van der Waals surface area contributed by atoms with E-state index in [1.807, 2.05) is 59.9 Å². The monoisotopic (exact) mass is 698 g/mol. The van der Waals surface area contributed by atoms with E-state index in [2.05, 4.69) is 105 Å². The minimum absolute atomic E-state index is 0.791. The van der Waals surface area contributed by atoms with Gasteiger partial charge in [0.15, 0.2) is 11.3 Å². The molecule has 0 saturated heterocycles. The molecule has 0 amide bonds. The molecule has 0 fully saturated rings. The second-order valence-corrected chi connectivity index (χ2v) is 12.6. The molecule has 44 heavy (non-hydrogen) atoms. The summed E-state index contributed by atoms with van der Waals surface area (Å²) in [4.78, 5) is 10.8. The third kappa shape index (κ3) is 4.28. The Morgan fingerprint density at radius 3 is 1.11 bits per heavy atom. The van der Waals surface area contributed by atoms with Crippen LogP contribution in [0.1, 0.15) is 0 Å². The van der Waals surface area contributed by atoms with E-state index in [-0.39, 0.29) is 0 Å². The quantitative estimate of drug-likeness (QED) is 0.184. The first-order valence-electron chi connectivity index (χ1n) is 14.2. The lowest BCUT2D eigenvalue weighted by Gasteiger charge is -2.15. The van der Waals surface area contributed by atoms with Crippen molar-refractivity contribution in [2.75, 3.05) is 0 Å². The number of pyridine rings is 2. The van der Waals surface area contributed by atoms with Gasteiger partial charge in [-0.15, -0.1) is 0 Å². The predicted octanol–water partition coefficient (Wildman–Crippen LogP) is 9.60. The molecule has 0 N–H and O–H groups in total. The molecule has 4 aromatic carbocycles. The zero-order valence-electron chi connectivity index (χ0n) is 23.8. The highest BCUT2D eigenvalue weighted by atomic mass is 79.9. The molecule has 0 atom stereocenters. The van der Waals surface area contributed by atoms with E-state index in [1.54, 1.807) is 0 Å². The minimum atomic E-state index is 0.791. The molecule has 0 aliphatic carbocycles. The number of hydrogen-bond acceptors (Lipinski definition) is 4. The van der Waals surface area contributed by atoms with E-state index < -0.39 is 0 Å². The van der Waals surface area contributed by atoms with Gasteiger partial charge >= 0.3 is 0 Å². The van der Waals surface area contributed by atoms with Crippen LogP contribution in [0.15, 0.2) is 118 Å². The fourth-order valence-corrected chi connectivity index (χ4v) is 6.55. The molecule has 0 saturated carbocycles. The normalized spacial score (nSPS) is 11.6. The fourth-order valence-electron chi connectivity index (χ4n) is 6.02. The van der Waals surface area contributed by atoms with Crippen LogP contribution >= 0.6 is 31.9 Å². The van der Waals surface area contributed by atoms with Crippen LogP contribution in [-0.4, -0.2) is 29.5 Å². The van der Waals surface area contributed by atoms with E-state index in [0.29, 0.717) is 0 Å². The Hall–Kier alpha value is -4.66. The molecule has 4 heterocycles. The van der Waals surface area contributed by atoms with E-state index in [0.717, 1.165) is 86.8 Å². The summed E-state index contributed by atoms with van der Waals surface area (Å²) in [5, 5.41) is 14.1. The Bertz CT molecular complexity index is 2170. The van der Waals surface area contributed by atoms with E-state index >= 15 is 0 Å². The second-order valence-electron chi connectivity index (χ2n) is 10.8. The van der Waals surface area contributed by atoms with E-state index in [4.69, 9.17) is 20.2 Å². The molecule has 8 heteroatoms. The molecule has 212 valence electrons. The average Bonchev–Trinajstić information content (AvgIpc) is 3.58. The van der Waals surface area contributed by atoms with Gasteiger partial charge in [-0.2, -0.15) is 10.2 Å². The van der Waals surface area contributed by atoms with E-state index in [9.17, 15) is 0 Å². The lowest BCUT2D eigenvalue weighted by Crippen LogP contribution is -1.99. The summed E-state index contributed by atoms with van der Waals surface area (Å²) in [6, 6.07) is 37.3. The molecule has 0 bridgehead atoms. The van der Waals surface area contributed by atoms with Crippen molar-refractivity contribution in [1.82, 2.24) is 29.5 Å². The van der Waals surface area contributed by atoms with Crippen molar-refractivity contribution in [1.29, 1.82) is 0 Å². The maximum absolute atomic E-state index is 5.40. The highest BCUT2D eigenvalue weighted by Crippen LogP contribution is 2.46. The van der Waals surface area contributed by atoms with Crippen LogP contribution in [0.25, 0.3) is 77.9 Å². The number of halogens is 2. The molecule has 4 aromatic heterocycles. The Kier molecular flexibility index (Phi) is 6.43. The first-order chi connectivity index (χ1) is 21.5. The van der Waals surface area contributed by atoms with Gasteiger partial charge in [-0.3, -0.25) is 0 Å². The molecule has 8 rings (SSSR count). The van der Waals surface area contributed by atoms with Crippen molar-refractivity contribution in [2.24, 2.45) is 14.1 Å². The molecular weight excluding hydrogens is 676 g/mol. The minimum Gasteiger partial charge on any atom is -0.250 e. The molecule has 6 nitrogen and oxygen atoms in total. The van der Waals surface area contributed by atoms with Gasteiger partial charge in [-0.05, 0) is 24.3 Å². The van der Waals surface area contributed by atoms with E-state index in [1.165, 1.54) is 0 Å². The number of aromatic nitrogens is 6. The number of hydrogen-bond donors (Lipinski definition) is 0. The smallest absolute Gasteiger partial charge is 0.159 e. The summed E-state index contributed by atoms with van der Waals surface area (Å²) in [6.07, 6.45) is 0. The third-order valence-corrected chi connectivity index (χ3v) is 9.08. The van der Waals surface area contributed by atoms with Gasteiger partial charge < -0.3 is 0 Å². The highest BCUT2D eigenvalue weighted by molar-refractivity contribution is 9.10. The van der Waals surface area contributed by atoms with Crippen LogP contribution in [0.5, 0.6) is 0 Å². The predicted molar refractivity (Wildman–Crippen MR) is 185 cm³/mol. The summed E-state index contributed by atoms with van der Waals surface area (Å²) in [5.41, 5.74) is 9.08. The molecule has 0 aliphatic heterocycles. The first kappa shape index (κ1) is 26.9. The molecule has 0 radical (unpaired) electrons. The largest absolute Gasteiger partial charge is 0.250 e.